The van der Waals surface area contributed by atoms with Gasteiger partial charge in [0.1, 0.15) is 11.4 Å². The number of aromatic nitrogens is 3. The first-order valence-electron chi connectivity index (χ1n) is 8.05. The summed E-state index contributed by atoms with van der Waals surface area (Å²) >= 11 is 6.31. The van der Waals surface area contributed by atoms with E-state index < -0.39 is 11.7 Å². The number of benzene rings is 1. The molecule has 0 aliphatic rings. The number of hydrogen-bond donors (Lipinski definition) is 3. The van der Waals surface area contributed by atoms with Gasteiger partial charge in [-0.2, -0.15) is 18.2 Å². The molecule has 2 aromatic heterocycles. The molecule has 28 heavy (non-hydrogen) atoms. The minimum atomic E-state index is -4.58. The van der Waals surface area contributed by atoms with Gasteiger partial charge in [-0.1, -0.05) is 11.6 Å². The van der Waals surface area contributed by atoms with Crippen LogP contribution in [0.15, 0.2) is 24.5 Å². The Bertz CT molecular complexity index is 1060. The number of carbonyl (C=O) groups is 1. The van der Waals surface area contributed by atoms with E-state index in [0.717, 1.165) is 0 Å². The molecule has 3 N–H and O–H groups in total. The molecule has 0 fully saturated rings. The quantitative estimate of drug-likeness (QED) is 0.607. The fourth-order valence-corrected chi connectivity index (χ4v) is 2.98. The first kappa shape index (κ1) is 19.7. The Hall–Kier alpha value is -3.01. The van der Waals surface area contributed by atoms with E-state index >= 15 is 0 Å². The smallest absolute Gasteiger partial charge is 0.372 e. The predicted octanol–water partition coefficient (Wildman–Crippen LogP) is 3.79. The Morgan fingerprint density at radius 3 is 2.57 bits per heavy atom. The molecule has 0 spiro atoms. The number of carbonyl (C=O) groups excluding carboxylic acids is 1. The monoisotopic (exact) mass is 412 g/mol. The molecule has 2 heterocycles. The first-order chi connectivity index (χ1) is 13.2. The number of aryl methyl sites for hydroxylation is 1. The molecule has 0 saturated heterocycles. The van der Waals surface area contributed by atoms with Crippen LogP contribution < -0.4 is 16.0 Å². The van der Waals surface area contributed by atoms with Gasteiger partial charge in [-0.25, -0.2) is 4.98 Å². The number of hydrogen-bond acceptors (Lipinski definition) is 5. The number of nitrogens with zero attached hydrogens (tertiary/aromatic N) is 3. The van der Waals surface area contributed by atoms with Crippen molar-refractivity contribution < 1.29 is 18.0 Å². The molecular weight excluding hydrogens is 397 g/mol. The van der Waals surface area contributed by atoms with Crippen LogP contribution in [-0.2, 0) is 13.2 Å². The van der Waals surface area contributed by atoms with Crippen LogP contribution in [0.4, 0.5) is 30.6 Å². The molecule has 1 aromatic carbocycles. The summed E-state index contributed by atoms with van der Waals surface area (Å²) in [6.45, 7) is 0. The third-order valence-corrected chi connectivity index (χ3v) is 4.44. The number of rotatable bonds is 4. The molecule has 7 nitrogen and oxygen atoms in total. The summed E-state index contributed by atoms with van der Waals surface area (Å²) in [5.41, 5.74) is 0.573. The van der Waals surface area contributed by atoms with Crippen molar-refractivity contribution in [3.63, 3.8) is 0 Å². The molecule has 148 valence electrons. The number of alkyl halides is 3. The lowest BCUT2D eigenvalue weighted by molar-refractivity contribution is -0.137. The second-order valence-electron chi connectivity index (χ2n) is 5.91. The van der Waals surface area contributed by atoms with Crippen molar-refractivity contribution in [1.29, 1.82) is 0 Å². The summed E-state index contributed by atoms with van der Waals surface area (Å²) in [6.07, 6.45) is -2.22. The summed E-state index contributed by atoms with van der Waals surface area (Å²) < 4.78 is 40.7. The van der Waals surface area contributed by atoms with Crippen molar-refractivity contribution in [2.45, 2.75) is 6.18 Å². The molecule has 0 unspecified atom stereocenters. The largest absolute Gasteiger partial charge is 0.421 e. The zero-order valence-corrected chi connectivity index (χ0v) is 15.8. The lowest BCUT2D eigenvalue weighted by Gasteiger charge is -2.13. The van der Waals surface area contributed by atoms with Crippen molar-refractivity contribution >= 4 is 45.9 Å². The maximum Gasteiger partial charge on any atom is 0.421 e. The summed E-state index contributed by atoms with van der Waals surface area (Å²) in [5, 5.41) is 8.70. The van der Waals surface area contributed by atoms with E-state index in [1.54, 1.807) is 29.9 Å². The van der Waals surface area contributed by atoms with Crippen molar-refractivity contribution in [2.75, 3.05) is 24.7 Å². The van der Waals surface area contributed by atoms with E-state index in [0.29, 0.717) is 28.4 Å². The van der Waals surface area contributed by atoms with Crippen LogP contribution in [0, 0.1) is 0 Å². The lowest BCUT2D eigenvalue weighted by Crippen LogP contribution is -2.17. The van der Waals surface area contributed by atoms with Crippen LogP contribution in [0.5, 0.6) is 0 Å². The lowest BCUT2D eigenvalue weighted by atomic mass is 10.1. The van der Waals surface area contributed by atoms with E-state index in [4.69, 9.17) is 11.6 Å². The third kappa shape index (κ3) is 3.55. The number of nitrogens with one attached hydrogen (secondary N) is 3. The van der Waals surface area contributed by atoms with Crippen LogP contribution in [0.3, 0.4) is 0 Å². The molecular formula is C17H16ClF3N6O. The highest BCUT2D eigenvalue weighted by molar-refractivity contribution is 6.34. The van der Waals surface area contributed by atoms with E-state index in [2.05, 4.69) is 25.9 Å². The molecule has 1 amide bonds. The van der Waals surface area contributed by atoms with Crippen LogP contribution in [0.25, 0.3) is 10.9 Å². The Kier molecular flexibility index (Phi) is 5.07. The Morgan fingerprint density at radius 2 is 1.96 bits per heavy atom. The first-order valence-corrected chi connectivity index (χ1v) is 8.43. The van der Waals surface area contributed by atoms with Crippen LogP contribution in [0.2, 0.25) is 5.02 Å². The highest BCUT2D eigenvalue weighted by Gasteiger charge is 2.35. The SMILES string of the molecule is CNC(=O)c1cn(C)c2cc(Nc3ncc(C(F)(F)F)c(NC)n3)c(Cl)cc12. The van der Waals surface area contributed by atoms with Gasteiger partial charge in [0.2, 0.25) is 5.95 Å². The highest BCUT2D eigenvalue weighted by Crippen LogP contribution is 2.35. The maximum absolute atomic E-state index is 13.0. The van der Waals surface area contributed by atoms with Crippen LogP contribution in [0.1, 0.15) is 15.9 Å². The molecule has 0 aliphatic carbocycles. The van der Waals surface area contributed by atoms with Gasteiger partial charge in [-0.3, -0.25) is 4.79 Å². The van der Waals surface area contributed by atoms with Gasteiger partial charge in [-0.05, 0) is 12.1 Å². The average molecular weight is 413 g/mol. The van der Waals surface area contributed by atoms with Crippen molar-refractivity contribution in [3.8, 4) is 0 Å². The van der Waals surface area contributed by atoms with E-state index in [9.17, 15) is 18.0 Å². The highest BCUT2D eigenvalue weighted by atomic mass is 35.5. The molecule has 0 aliphatic heterocycles. The van der Waals surface area contributed by atoms with Gasteiger partial charge >= 0.3 is 6.18 Å². The Balaban J connectivity index is 2.02. The zero-order chi connectivity index (χ0) is 20.6. The normalized spacial score (nSPS) is 11.5. The molecule has 0 saturated carbocycles. The molecule has 3 aromatic rings. The minimum absolute atomic E-state index is 0.0562. The number of amides is 1. The average Bonchev–Trinajstić information content (AvgIpc) is 2.96. The van der Waals surface area contributed by atoms with Crippen molar-refractivity contribution in [3.05, 3.63) is 40.7 Å². The summed E-state index contributed by atoms with van der Waals surface area (Å²) in [4.78, 5) is 19.6. The van der Waals surface area contributed by atoms with E-state index in [-0.39, 0.29) is 22.7 Å². The Labute approximate surface area is 162 Å². The molecule has 11 heteroatoms. The van der Waals surface area contributed by atoms with Gasteiger partial charge in [0.25, 0.3) is 5.91 Å². The molecule has 0 bridgehead atoms. The minimum Gasteiger partial charge on any atom is -0.372 e. The third-order valence-electron chi connectivity index (χ3n) is 4.13. The topological polar surface area (TPSA) is 83.9 Å². The number of halogens is 4. The maximum atomic E-state index is 13.0. The Morgan fingerprint density at radius 1 is 1.25 bits per heavy atom. The predicted molar refractivity (Wildman–Crippen MR) is 101 cm³/mol. The summed E-state index contributed by atoms with van der Waals surface area (Å²) in [5.74, 6) is -0.672. The van der Waals surface area contributed by atoms with E-state index in [1.807, 2.05) is 0 Å². The molecule has 3 rings (SSSR count). The van der Waals surface area contributed by atoms with Gasteiger partial charge in [-0.15, -0.1) is 0 Å². The van der Waals surface area contributed by atoms with Gasteiger partial charge in [0.05, 0.1) is 21.8 Å². The van der Waals surface area contributed by atoms with Crippen LogP contribution in [-0.4, -0.2) is 34.5 Å². The van der Waals surface area contributed by atoms with Gasteiger partial charge < -0.3 is 20.5 Å². The number of anilines is 3. The molecule has 0 radical (unpaired) electrons. The fourth-order valence-electron chi connectivity index (χ4n) is 2.77. The number of fused-ring (bicyclic) bond motifs is 1. The van der Waals surface area contributed by atoms with Crippen molar-refractivity contribution in [2.24, 2.45) is 7.05 Å². The zero-order valence-electron chi connectivity index (χ0n) is 15.1. The molecule has 0 atom stereocenters. The summed E-state index contributed by atoms with van der Waals surface area (Å²) in [7, 11) is 4.63. The second kappa shape index (κ2) is 7.19. The fraction of sp³-hybridized carbons (Fsp3) is 0.235. The second-order valence-corrected chi connectivity index (χ2v) is 6.32. The van der Waals surface area contributed by atoms with E-state index in [1.165, 1.54) is 14.1 Å². The van der Waals surface area contributed by atoms with Gasteiger partial charge in [0.15, 0.2) is 0 Å². The van der Waals surface area contributed by atoms with Gasteiger partial charge in [0, 0.05) is 38.9 Å². The van der Waals surface area contributed by atoms with Crippen molar-refractivity contribution in [1.82, 2.24) is 19.9 Å². The summed E-state index contributed by atoms with van der Waals surface area (Å²) in [6, 6.07) is 3.27. The standard InChI is InChI=1S/C17H16ClF3N6O/c1-22-14-10(17(19,20)21)6-24-16(26-14)25-12-5-13-8(4-11(12)18)9(7-27(13)3)15(28)23-2/h4-7H,1-3H3,(H,23,28)(H2,22,24,25,26). The van der Waals surface area contributed by atoms with Crippen LogP contribution >= 0.6 is 11.6 Å².